The second-order valence-corrected chi connectivity index (χ2v) is 5.14. The predicted molar refractivity (Wildman–Crippen MR) is 61.0 cm³/mol. The lowest BCUT2D eigenvalue weighted by Crippen LogP contribution is -2.01. The van der Waals surface area contributed by atoms with Gasteiger partial charge in [0.2, 0.25) is 0 Å². The number of alkyl halides is 1. The van der Waals surface area contributed by atoms with Crippen molar-refractivity contribution in [3.05, 3.63) is 16.1 Å². The standard InChI is InChI=1S/C9H14BrNO2S/c1-7(10)8-6-14-9(11-8)5-13-4-3-12-2/h6-7H,3-5H2,1-2H3. The highest BCUT2D eigenvalue weighted by molar-refractivity contribution is 9.09. The molecule has 80 valence electrons. The molecule has 0 bridgehead atoms. The van der Waals surface area contributed by atoms with E-state index in [0.717, 1.165) is 10.7 Å². The number of aromatic nitrogens is 1. The van der Waals surface area contributed by atoms with Crippen molar-refractivity contribution in [1.82, 2.24) is 4.98 Å². The zero-order valence-corrected chi connectivity index (χ0v) is 10.7. The minimum atomic E-state index is 0.312. The summed E-state index contributed by atoms with van der Waals surface area (Å²) in [6, 6.07) is 0. The molecule has 0 saturated carbocycles. The first-order valence-corrected chi connectivity index (χ1v) is 6.18. The van der Waals surface area contributed by atoms with Gasteiger partial charge in [-0.2, -0.15) is 0 Å². The van der Waals surface area contributed by atoms with Gasteiger partial charge in [-0.15, -0.1) is 11.3 Å². The van der Waals surface area contributed by atoms with Crippen molar-refractivity contribution < 1.29 is 9.47 Å². The summed E-state index contributed by atoms with van der Waals surface area (Å²) in [6.07, 6.45) is 0. The van der Waals surface area contributed by atoms with Gasteiger partial charge in [0.15, 0.2) is 0 Å². The van der Waals surface area contributed by atoms with Crippen LogP contribution >= 0.6 is 27.3 Å². The van der Waals surface area contributed by atoms with Gasteiger partial charge in [0.05, 0.1) is 30.3 Å². The van der Waals surface area contributed by atoms with Gasteiger partial charge in [-0.05, 0) is 6.92 Å². The highest BCUT2D eigenvalue weighted by Gasteiger charge is 2.06. The largest absolute Gasteiger partial charge is 0.382 e. The van der Waals surface area contributed by atoms with Gasteiger partial charge in [0.1, 0.15) is 5.01 Å². The van der Waals surface area contributed by atoms with E-state index in [1.807, 2.05) is 0 Å². The van der Waals surface area contributed by atoms with E-state index in [1.54, 1.807) is 18.4 Å². The summed E-state index contributed by atoms with van der Waals surface area (Å²) < 4.78 is 10.2. The van der Waals surface area contributed by atoms with Gasteiger partial charge in [-0.1, -0.05) is 15.9 Å². The molecule has 1 atom stereocenters. The second kappa shape index (κ2) is 6.50. The van der Waals surface area contributed by atoms with Crippen LogP contribution in [0.15, 0.2) is 5.38 Å². The predicted octanol–water partition coefficient (Wildman–Crippen LogP) is 2.76. The van der Waals surface area contributed by atoms with E-state index in [2.05, 4.69) is 33.2 Å². The molecule has 0 radical (unpaired) electrons. The number of hydrogen-bond donors (Lipinski definition) is 0. The Morgan fingerprint density at radius 2 is 2.36 bits per heavy atom. The molecule has 1 aromatic rings. The number of thiazole rings is 1. The fraction of sp³-hybridized carbons (Fsp3) is 0.667. The number of methoxy groups -OCH3 is 1. The monoisotopic (exact) mass is 279 g/mol. The Morgan fingerprint density at radius 1 is 1.57 bits per heavy atom. The molecule has 0 spiro atoms. The lowest BCUT2D eigenvalue weighted by Gasteiger charge is -2.00. The summed E-state index contributed by atoms with van der Waals surface area (Å²) in [5, 5.41) is 3.07. The molecule has 0 aromatic carbocycles. The average Bonchev–Trinajstić information content (AvgIpc) is 2.61. The number of ether oxygens (including phenoxy) is 2. The molecule has 1 unspecified atom stereocenters. The molecular weight excluding hydrogens is 266 g/mol. The van der Waals surface area contributed by atoms with Crippen LogP contribution in [0.2, 0.25) is 0 Å². The lowest BCUT2D eigenvalue weighted by molar-refractivity contribution is 0.0615. The van der Waals surface area contributed by atoms with E-state index >= 15 is 0 Å². The SMILES string of the molecule is COCCOCc1nc(C(C)Br)cs1. The van der Waals surface area contributed by atoms with Crippen LogP contribution in [0.5, 0.6) is 0 Å². The average molecular weight is 280 g/mol. The molecule has 14 heavy (non-hydrogen) atoms. The van der Waals surface area contributed by atoms with Crippen LogP contribution < -0.4 is 0 Å². The molecule has 0 aliphatic carbocycles. The molecule has 1 aromatic heterocycles. The van der Waals surface area contributed by atoms with E-state index in [4.69, 9.17) is 9.47 Å². The Kier molecular flexibility index (Phi) is 5.62. The van der Waals surface area contributed by atoms with E-state index in [9.17, 15) is 0 Å². The van der Waals surface area contributed by atoms with Crippen LogP contribution in [0.3, 0.4) is 0 Å². The number of rotatable bonds is 6. The van der Waals surface area contributed by atoms with Crippen molar-refractivity contribution in [2.75, 3.05) is 20.3 Å². The van der Waals surface area contributed by atoms with Crippen LogP contribution in [0.25, 0.3) is 0 Å². The van der Waals surface area contributed by atoms with Crippen LogP contribution in [-0.2, 0) is 16.1 Å². The topological polar surface area (TPSA) is 31.4 Å². The third kappa shape index (κ3) is 4.04. The minimum absolute atomic E-state index is 0.312. The minimum Gasteiger partial charge on any atom is -0.382 e. The first-order valence-electron chi connectivity index (χ1n) is 4.39. The molecular formula is C9H14BrNO2S. The zero-order chi connectivity index (χ0) is 10.4. The second-order valence-electron chi connectivity index (χ2n) is 2.83. The molecule has 0 aliphatic heterocycles. The van der Waals surface area contributed by atoms with Gasteiger partial charge in [0.25, 0.3) is 0 Å². The lowest BCUT2D eigenvalue weighted by atomic mass is 10.4. The molecule has 1 heterocycles. The molecule has 0 amide bonds. The maximum absolute atomic E-state index is 5.36. The highest BCUT2D eigenvalue weighted by Crippen LogP contribution is 2.23. The van der Waals surface area contributed by atoms with Gasteiger partial charge >= 0.3 is 0 Å². The van der Waals surface area contributed by atoms with Crippen molar-refractivity contribution in [2.24, 2.45) is 0 Å². The highest BCUT2D eigenvalue weighted by atomic mass is 79.9. The van der Waals surface area contributed by atoms with Gasteiger partial charge < -0.3 is 9.47 Å². The van der Waals surface area contributed by atoms with E-state index in [-0.39, 0.29) is 0 Å². The Morgan fingerprint density at radius 3 is 2.93 bits per heavy atom. The normalized spacial score (nSPS) is 13.1. The van der Waals surface area contributed by atoms with Gasteiger partial charge in [-0.3, -0.25) is 0 Å². The smallest absolute Gasteiger partial charge is 0.119 e. The quantitative estimate of drug-likeness (QED) is 0.593. The van der Waals surface area contributed by atoms with Gasteiger partial charge in [-0.25, -0.2) is 4.98 Å². The molecule has 0 saturated heterocycles. The van der Waals surface area contributed by atoms with Crippen molar-refractivity contribution in [1.29, 1.82) is 0 Å². The van der Waals surface area contributed by atoms with Crippen molar-refractivity contribution in [2.45, 2.75) is 18.4 Å². The number of hydrogen-bond acceptors (Lipinski definition) is 4. The van der Waals surface area contributed by atoms with Crippen LogP contribution in [0, 0.1) is 0 Å². The van der Waals surface area contributed by atoms with E-state index in [1.165, 1.54) is 0 Å². The third-order valence-corrected chi connectivity index (χ3v) is 2.94. The van der Waals surface area contributed by atoms with Crippen molar-refractivity contribution in [3.63, 3.8) is 0 Å². The zero-order valence-electron chi connectivity index (χ0n) is 8.33. The van der Waals surface area contributed by atoms with E-state index < -0.39 is 0 Å². The Labute approximate surface area is 96.6 Å². The fourth-order valence-corrected chi connectivity index (χ4v) is 2.11. The molecule has 5 heteroatoms. The molecule has 3 nitrogen and oxygen atoms in total. The fourth-order valence-electron chi connectivity index (χ4n) is 0.876. The van der Waals surface area contributed by atoms with Crippen molar-refractivity contribution in [3.8, 4) is 0 Å². The van der Waals surface area contributed by atoms with Crippen molar-refractivity contribution >= 4 is 27.3 Å². The van der Waals surface area contributed by atoms with Crippen LogP contribution in [0.1, 0.15) is 22.5 Å². The van der Waals surface area contributed by atoms with Crippen LogP contribution in [-0.4, -0.2) is 25.3 Å². The third-order valence-electron chi connectivity index (χ3n) is 1.63. The number of nitrogens with zero attached hydrogens (tertiary/aromatic N) is 1. The molecule has 1 rings (SSSR count). The molecule has 0 fully saturated rings. The summed E-state index contributed by atoms with van der Waals surface area (Å²) in [7, 11) is 1.66. The molecule has 0 aliphatic rings. The molecule has 0 N–H and O–H groups in total. The summed E-state index contributed by atoms with van der Waals surface area (Å²) in [5.41, 5.74) is 1.07. The maximum atomic E-state index is 5.36. The van der Waals surface area contributed by atoms with Crippen LogP contribution in [0.4, 0.5) is 0 Å². The Hall–Kier alpha value is 0.0300. The number of halogens is 1. The van der Waals surface area contributed by atoms with E-state index in [0.29, 0.717) is 24.6 Å². The summed E-state index contributed by atoms with van der Waals surface area (Å²) in [5.74, 6) is 0. The van der Waals surface area contributed by atoms with Gasteiger partial charge in [0, 0.05) is 12.5 Å². The first kappa shape index (κ1) is 12.1. The first-order chi connectivity index (χ1) is 6.74. The summed E-state index contributed by atoms with van der Waals surface area (Å²) in [4.78, 5) is 4.72. The Balaban J connectivity index is 2.29. The summed E-state index contributed by atoms with van der Waals surface area (Å²) in [6.45, 7) is 3.89. The Bertz CT molecular complexity index is 265. The maximum Gasteiger partial charge on any atom is 0.119 e. The summed E-state index contributed by atoms with van der Waals surface area (Å²) >= 11 is 5.10.